The maximum absolute atomic E-state index is 5.71. The first-order valence-corrected chi connectivity index (χ1v) is 4.45. The summed E-state index contributed by atoms with van der Waals surface area (Å²) in [7, 11) is 2.16. The molecule has 11 heavy (non-hydrogen) atoms. The van der Waals surface area contributed by atoms with Crippen molar-refractivity contribution in [1.82, 2.24) is 4.90 Å². The van der Waals surface area contributed by atoms with Crippen LogP contribution in [0.1, 0.15) is 27.2 Å². The Morgan fingerprint density at radius 3 is 2.45 bits per heavy atom. The van der Waals surface area contributed by atoms with Gasteiger partial charge in [-0.2, -0.15) is 0 Å². The van der Waals surface area contributed by atoms with E-state index in [9.17, 15) is 0 Å². The number of hydrogen-bond donors (Lipinski definition) is 0. The van der Waals surface area contributed by atoms with Crippen LogP contribution in [0.4, 0.5) is 0 Å². The molecule has 0 aromatic heterocycles. The van der Waals surface area contributed by atoms with Crippen LogP contribution in [0, 0.1) is 0 Å². The fraction of sp³-hybridized carbons (Fsp3) is 1.00. The maximum atomic E-state index is 5.71. The predicted octanol–water partition coefficient (Wildman–Crippen LogP) is 1.50. The maximum Gasteiger partial charge on any atom is 0.0720 e. The minimum Gasteiger partial charge on any atom is -0.374 e. The molecule has 0 aliphatic carbocycles. The van der Waals surface area contributed by atoms with Gasteiger partial charge in [0.05, 0.1) is 12.2 Å². The van der Waals surface area contributed by atoms with Gasteiger partial charge in [0.2, 0.25) is 0 Å². The predicted molar refractivity (Wildman–Crippen MR) is 46.7 cm³/mol. The molecule has 66 valence electrons. The summed E-state index contributed by atoms with van der Waals surface area (Å²) in [6.07, 6.45) is 2.03. The topological polar surface area (TPSA) is 12.5 Å². The standard InChI is InChI=1S/C9H19NO/c1-7(2)11-9-5-8(3)10(4)6-9/h7-9H,5-6H2,1-4H3. The van der Waals surface area contributed by atoms with E-state index in [1.165, 1.54) is 6.42 Å². The van der Waals surface area contributed by atoms with E-state index in [-0.39, 0.29) is 0 Å². The molecule has 0 aromatic rings. The monoisotopic (exact) mass is 157 g/mol. The zero-order chi connectivity index (χ0) is 8.43. The summed E-state index contributed by atoms with van der Waals surface area (Å²) < 4.78 is 5.71. The van der Waals surface area contributed by atoms with Crippen LogP contribution in [-0.2, 0) is 4.74 Å². The summed E-state index contributed by atoms with van der Waals surface area (Å²) in [5, 5.41) is 0. The first-order valence-electron chi connectivity index (χ1n) is 4.45. The van der Waals surface area contributed by atoms with Crippen molar-refractivity contribution in [1.29, 1.82) is 0 Å². The Morgan fingerprint density at radius 2 is 2.09 bits per heavy atom. The molecule has 2 heteroatoms. The van der Waals surface area contributed by atoms with E-state index in [1.54, 1.807) is 0 Å². The van der Waals surface area contributed by atoms with Gasteiger partial charge in [0.25, 0.3) is 0 Å². The van der Waals surface area contributed by atoms with Gasteiger partial charge in [0.15, 0.2) is 0 Å². The molecular weight excluding hydrogens is 138 g/mol. The quantitative estimate of drug-likeness (QED) is 0.602. The second-order valence-corrected chi connectivity index (χ2v) is 3.83. The molecule has 1 fully saturated rings. The Morgan fingerprint density at radius 1 is 1.45 bits per heavy atom. The first-order chi connectivity index (χ1) is 5.09. The zero-order valence-electron chi connectivity index (χ0n) is 8.00. The summed E-state index contributed by atoms with van der Waals surface area (Å²) in [6, 6.07) is 0.693. The van der Waals surface area contributed by atoms with Crippen LogP contribution in [0.5, 0.6) is 0 Å². The van der Waals surface area contributed by atoms with Crippen LogP contribution in [0.3, 0.4) is 0 Å². The van der Waals surface area contributed by atoms with E-state index in [4.69, 9.17) is 4.74 Å². The van der Waals surface area contributed by atoms with Crippen LogP contribution >= 0.6 is 0 Å². The van der Waals surface area contributed by atoms with Gasteiger partial charge in [-0.15, -0.1) is 0 Å². The van der Waals surface area contributed by atoms with Gasteiger partial charge >= 0.3 is 0 Å². The van der Waals surface area contributed by atoms with Crippen LogP contribution in [0.2, 0.25) is 0 Å². The molecule has 0 spiro atoms. The van der Waals surface area contributed by atoms with Gasteiger partial charge in [0, 0.05) is 12.6 Å². The van der Waals surface area contributed by atoms with Gasteiger partial charge in [-0.25, -0.2) is 0 Å². The third-order valence-corrected chi connectivity index (χ3v) is 2.31. The lowest BCUT2D eigenvalue weighted by Gasteiger charge is -2.14. The minimum absolute atomic E-state index is 0.374. The Balaban J connectivity index is 2.29. The SMILES string of the molecule is CC(C)OC1CC(C)N(C)C1. The van der Waals surface area contributed by atoms with Gasteiger partial charge in [-0.3, -0.25) is 0 Å². The molecule has 1 aliphatic heterocycles. The fourth-order valence-electron chi connectivity index (χ4n) is 1.62. The molecule has 1 heterocycles. The third-order valence-electron chi connectivity index (χ3n) is 2.31. The zero-order valence-corrected chi connectivity index (χ0v) is 8.00. The van der Waals surface area contributed by atoms with Crippen molar-refractivity contribution < 1.29 is 4.74 Å². The summed E-state index contributed by atoms with van der Waals surface area (Å²) >= 11 is 0. The summed E-state index contributed by atoms with van der Waals surface area (Å²) in [4.78, 5) is 2.35. The molecule has 1 saturated heterocycles. The molecule has 0 saturated carbocycles. The molecule has 2 atom stereocenters. The lowest BCUT2D eigenvalue weighted by atomic mass is 10.2. The summed E-state index contributed by atoms with van der Waals surface area (Å²) in [5.74, 6) is 0. The molecule has 1 rings (SSSR count). The average Bonchev–Trinajstić information content (AvgIpc) is 2.10. The van der Waals surface area contributed by atoms with Crippen LogP contribution in [0.25, 0.3) is 0 Å². The van der Waals surface area contributed by atoms with Crippen molar-refractivity contribution in [3.8, 4) is 0 Å². The second kappa shape index (κ2) is 3.55. The number of likely N-dealkylation sites (tertiary alicyclic amines) is 1. The number of likely N-dealkylation sites (N-methyl/N-ethyl adjacent to an activating group) is 1. The highest BCUT2D eigenvalue weighted by Crippen LogP contribution is 2.18. The third kappa shape index (κ3) is 2.46. The minimum atomic E-state index is 0.374. The van der Waals surface area contributed by atoms with Gasteiger partial charge < -0.3 is 9.64 Å². The number of rotatable bonds is 2. The van der Waals surface area contributed by atoms with Crippen LogP contribution < -0.4 is 0 Å². The van der Waals surface area contributed by atoms with Gasteiger partial charge in [-0.1, -0.05) is 0 Å². The first kappa shape index (κ1) is 9.01. The molecule has 2 unspecified atom stereocenters. The van der Waals surface area contributed by atoms with Gasteiger partial charge in [0.1, 0.15) is 0 Å². The Labute approximate surface area is 69.5 Å². The molecule has 0 amide bonds. The molecule has 1 aliphatic rings. The molecule has 2 nitrogen and oxygen atoms in total. The number of hydrogen-bond acceptors (Lipinski definition) is 2. The number of ether oxygens (including phenoxy) is 1. The van der Waals surface area contributed by atoms with Crippen molar-refractivity contribution in [3.63, 3.8) is 0 Å². The molecular formula is C9H19NO. The summed E-state index contributed by atoms with van der Waals surface area (Å²) in [5.41, 5.74) is 0. The Bertz CT molecular complexity index is 112. The lowest BCUT2D eigenvalue weighted by molar-refractivity contribution is 0.0151. The van der Waals surface area contributed by atoms with Gasteiger partial charge in [-0.05, 0) is 34.2 Å². The smallest absolute Gasteiger partial charge is 0.0720 e. The molecule has 0 N–H and O–H groups in total. The van der Waals surface area contributed by atoms with Crippen molar-refractivity contribution in [3.05, 3.63) is 0 Å². The molecule has 0 aromatic carbocycles. The van der Waals surface area contributed by atoms with Crippen molar-refractivity contribution in [2.24, 2.45) is 0 Å². The Kier molecular flexibility index (Phi) is 2.90. The van der Waals surface area contributed by atoms with E-state index in [0.717, 1.165) is 6.54 Å². The lowest BCUT2D eigenvalue weighted by Crippen LogP contribution is -2.23. The van der Waals surface area contributed by atoms with Crippen molar-refractivity contribution in [2.45, 2.75) is 45.4 Å². The molecule has 0 radical (unpaired) electrons. The van der Waals surface area contributed by atoms with E-state index in [0.29, 0.717) is 18.2 Å². The van der Waals surface area contributed by atoms with E-state index < -0.39 is 0 Å². The highest BCUT2D eigenvalue weighted by Gasteiger charge is 2.26. The van der Waals surface area contributed by atoms with Crippen LogP contribution in [-0.4, -0.2) is 36.7 Å². The fourth-order valence-corrected chi connectivity index (χ4v) is 1.62. The normalized spacial score (nSPS) is 33.5. The molecule has 0 bridgehead atoms. The highest BCUT2D eigenvalue weighted by molar-refractivity contribution is 4.80. The highest BCUT2D eigenvalue weighted by atomic mass is 16.5. The average molecular weight is 157 g/mol. The largest absolute Gasteiger partial charge is 0.374 e. The second-order valence-electron chi connectivity index (χ2n) is 3.83. The van der Waals surface area contributed by atoms with E-state index in [1.807, 2.05) is 0 Å². The van der Waals surface area contributed by atoms with Crippen molar-refractivity contribution >= 4 is 0 Å². The van der Waals surface area contributed by atoms with E-state index in [2.05, 4.69) is 32.7 Å². The summed E-state index contributed by atoms with van der Waals surface area (Å²) in [6.45, 7) is 7.55. The number of nitrogens with zero attached hydrogens (tertiary/aromatic N) is 1. The van der Waals surface area contributed by atoms with Crippen molar-refractivity contribution in [2.75, 3.05) is 13.6 Å². The Hall–Kier alpha value is -0.0800. The van der Waals surface area contributed by atoms with E-state index >= 15 is 0 Å². The van der Waals surface area contributed by atoms with Crippen LogP contribution in [0.15, 0.2) is 0 Å².